The van der Waals surface area contributed by atoms with E-state index in [1.165, 1.54) is 44.9 Å². The fourth-order valence-electron chi connectivity index (χ4n) is 3.55. The van der Waals surface area contributed by atoms with Crippen LogP contribution in [-0.4, -0.2) is 6.04 Å². The molecule has 14 heavy (non-hydrogen) atoms. The molecule has 0 heterocycles. The molecule has 3 unspecified atom stereocenters. The van der Waals surface area contributed by atoms with Crippen molar-refractivity contribution in [2.45, 2.75) is 57.9 Å². The van der Waals surface area contributed by atoms with Crippen LogP contribution in [0.4, 0.5) is 0 Å². The molecule has 0 bridgehead atoms. The summed E-state index contributed by atoms with van der Waals surface area (Å²) in [6.45, 7) is 2.38. The van der Waals surface area contributed by atoms with E-state index in [0.717, 1.165) is 17.8 Å². The van der Waals surface area contributed by atoms with Gasteiger partial charge in [0.15, 0.2) is 0 Å². The van der Waals surface area contributed by atoms with Gasteiger partial charge in [-0.05, 0) is 43.4 Å². The van der Waals surface area contributed by atoms with Gasteiger partial charge in [0.1, 0.15) is 0 Å². The second kappa shape index (κ2) is 4.63. The third kappa shape index (κ3) is 2.12. The van der Waals surface area contributed by atoms with Gasteiger partial charge in [0, 0.05) is 6.04 Å². The minimum atomic E-state index is 0.613. The van der Waals surface area contributed by atoms with Crippen molar-refractivity contribution in [3.63, 3.8) is 0 Å². The van der Waals surface area contributed by atoms with E-state index in [0.29, 0.717) is 6.04 Å². The Labute approximate surface area is 87.6 Å². The van der Waals surface area contributed by atoms with Gasteiger partial charge in [0.05, 0.1) is 0 Å². The molecule has 0 spiro atoms. The molecule has 3 N–H and O–H groups in total. The Morgan fingerprint density at radius 2 is 1.79 bits per heavy atom. The highest BCUT2D eigenvalue weighted by Gasteiger charge is 2.34. The molecule has 2 rings (SSSR count). The van der Waals surface area contributed by atoms with E-state index in [9.17, 15) is 0 Å². The summed E-state index contributed by atoms with van der Waals surface area (Å²) in [6.07, 6.45) is 9.85. The summed E-state index contributed by atoms with van der Waals surface area (Å²) in [5, 5.41) is 0. The van der Waals surface area contributed by atoms with Crippen LogP contribution in [0.1, 0.15) is 51.9 Å². The molecule has 2 fully saturated rings. The van der Waals surface area contributed by atoms with Gasteiger partial charge in [-0.1, -0.05) is 26.2 Å². The van der Waals surface area contributed by atoms with Gasteiger partial charge in [0.25, 0.3) is 0 Å². The molecule has 2 aliphatic rings. The fraction of sp³-hybridized carbons (Fsp3) is 1.00. The highest BCUT2D eigenvalue weighted by molar-refractivity contribution is 4.88. The first-order chi connectivity index (χ1) is 6.81. The highest BCUT2D eigenvalue weighted by Crippen LogP contribution is 2.39. The van der Waals surface area contributed by atoms with Gasteiger partial charge in [-0.3, -0.25) is 11.3 Å². The Bertz CT molecular complexity index is 175. The Kier molecular flexibility index (Phi) is 3.45. The molecular weight excluding hydrogens is 172 g/mol. The minimum Gasteiger partial charge on any atom is -0.271 e. The lowest BCUT2D eigenvalue weighted by molar-refractivity contribution is 0.259. The Morgan fingerprint density at radius 1 is 1.07 bits per heavy atom. The van der Waals surface area contributed by atoms with Crippen molar-refractivity contribution in [2.75, 3.05) is 0 Å². The average molecular weight is 196 g/mol. The molecule has 0 aromatic rings. The van der Waals surface area contributed by atoms with Crippen LogP contribution in [0.3, 0.4) is 0 Å². The second-order valence-corrected chi connectivity index (χ2v) is 5.42. The number of hydrogen-bond donors (Lipinski definition) is 2. The van der Waals surface area contributed by atoms with E-state index in [-0.39, 0.29) is 0 Å². The van der Waals surface area contributed by atoms with Crippen LogP contribution in [0, 0.1) is 17.8 Å². The minimum absolute atomic E-state index is 0.613. The zero-order chi connectivity index (χ0) is 9.97. The molecule has 82 valence electrons. The normalized spacial score (nSPS) is 36.4. The molecule has 2 saturated carbocycles. The molecular formula is C12H24N2. The van der Waals surface area contributed by atoms with E-state index >= 15 is 0 Å². The third-order valence-corrected chi connectivity index (χ3v) is 4.34. The molecule has 3 atom stereocenters. The van der Waals surface area contributed by atoms with Gasteiger partial charge in [-0.15, -0.1) is 0 Å². The molecule has 0 saturated heterocycles. The van der Waals surface area contributed by atoms with Gasteiger partial charge in [-0.25, -0.2) is 0 Å². The summed E-state index contributed by atoms with van der Waals surface area (Å²) in [5.41, 5.74) is 3.11. The van der Waals surface area contributed by atoms with Crippen molar-refractivity contribution in [1.82, 2.24) is 5.43 Å². The number of hydrogen-bond acceptors (Lipinski definition) is 2. The third-order valence-electron chi connectivity index (χ3n) is 4.34. The van der Waals surface area contributed by atoms with Gasteiger partial charge in [-0.2, -0.15) is 0 Å². The summed E-state index contributed by atoms with van der Waals surface area (Å²) in [6, 6.07) is 0.613. The second-order valence-electron chi connectivity index (χ2n) is 5.42. The van der Waals surface area contributed by atoms with Gasteiger partial charge >= 0.3 is 0 Å². The Hall–Kier alpha value is -0.0800. The first-order valence-electron chi connectivity index (χ1n) is 6.27. The van der Waals surface area contributed by atoms with Crippen LogP contribution < -0.4 is 11.3 Å². The van der Waals surface area contributed by atoms with Crippen LogP contribution in [-0.2, 0) is 0 Å². The number of hydrazine groups is 1. The average Bonchev–Trinajstić information content (AvgIpc) is 2.79. The van der Waals surface area contributed by atoms with Gasteiger partial charge < -0.3 is 0 Å². The topological polar surface area (TPSA) is 38.0 Å². The van der Waals surface area contributed by atoms with E-state index in [2.05, 4.69) is 12.3 Å². The van der Waals surface area contributed by atoms with Crippen LogP contribution >= 0.6 is 0 Å². The van der Waals surface area contributed by atoms with Crippen LogP contribution in [0.5, 0.6) is 0 Å². The summed E-state index contributed by atoms with van der Waals surface area (Å²) in [7, 11) is 0. The molecule has 0 aromatic carbocycles. The van der Waals surface area contributed by atoms with E-state index < -0.39 is 0 Å². The van der Waals surface area contributed by atoms with Crippen molar-refractivity contribution in [2.24, 2.45) is 23.6 Å². The lowest BCUT2D eigenvalue weighted by Crippen LogP contribution is -2.44. The standard InChI is InChI=1S/C12H24N2/c1-9-6-7-11(8-9)12(14-13)10-4-2-3-5-10/h9-12,14H,2-8,13H2,1H3. The van der Waals surface area contributed by atoms with Crippen molar-refractivity contribution in [1.29, 1.82) is 0 Å². The molecule has 0 aromatic heterocycles. The Morgan fingerprint density at radius 3 is 2.29 bits per heavy atom. The molecule has 0 amide bonds. The zero-order valence-corrected chi connectivity index (χ0v) is 9.34. The van der Waals surface area contributed by atoms with Crippen molar-refractivity contribution in [3.8, 4) is 0 Å². The molecule has 0 aliphatic heterocycles. The first kappa shape index (κ1) is 10.4. The smallest absolute Gasteiger partial charge is 0.0267 e. The quantitative estimate of drug-likeness (QED) is 0.537. The summed E-state index contributed by atoms with van der Waals surface area (Å²) in [5.74, 6) is 8.39. The molecule has 2 nitrogen and oxygen atoms in total. The number of nitrogens with one attached hydrogen (secondary N) is 1. The first-order valence-corrected chi connectivity index (χ1v) is 6.27. The number of nitrogens with two attached hydrogens (primary N) is 1. The fourth-order valence-corrected chi connectivity index (χ4v) is 3.55. The lowest BCUT2D eigenvalue weighted by atomic mass is 9.86. The van der Waals surface area contributed by atoms with Crippen molar-refractivity contribution in [3.05, 3.63) is 0 Å². The zero-order valence-electron chi connectivity index (χ0n) is 9.34. The van der Waals surface area contributed by atoms with E-state index in [1.807, 2.05) is 0 Å². The summed E-state index contributed by atoms with van der Waals surface area (Å²) < 4.78 is 0. The predicted molar refractivity (Wildman–Crippen MR) is 59.6 cm³/mol. The Balaban J connectivity index is 1.91. The maximum absolute atomic E-state index is 5.73. The SMILES string of the molecule is CC1CCC(C(NN)C2CCCC2)C1. The number of rotatable bonds is 3. The van der Waals surface area contributed by atoms with E-state index in [4.69, 9.17) is 5.84 Å². The van der Waals surface area contributed by atoms with Crippen LogP contribution in [0.25, 0.3) is 0 Å². The van der Waals surface area contributed by atoms with Crippen LogP contribution in [0.2, 0.25) is 0 Å². The van der Waals surface area contributed by atoms with Crippen molar-refractivity contribution < 1.29 is 0 Å². The maximum atomic E-state index is 5.73. The molecule has 2 heteroatoms. The largest absolute Gasteiger partial charge is 0.271 e. The highest BCUT2D eigenvalue weighted by atomic mass is 15.2. The monoisotopic (exact) mass is 196 g/mol. The van der Waals surface area contributed by atoms with Crippen LogP contribution in [0.15, 0.2) is 0 Å². The summed E-state index contributed by atoms with van der Waals surface area (Å²) >= 11 is 0. The summed E-state index contributed by atoms with van der Waals surface area (Å²) in [4.78, 5) is 0. The van der Waals surface area contributed by atoms with Crippen molar-refractivity contribution >= 4 is 0 Å². The lowest BCUT2D eigenvalue weighted by Gasteiger charge is -2.28. The molecule has 2 aliphatic carbocycles. The maximum Gasteiger partial charge on any atom is 0.0267 e. The predicted octanol–water partition coefficient (Wildman–Crippen LogP) is 2.44. The van der Waals surface area contributed by atoms with Gasteiger partial charge in [0.2, 0.25) is 0 Å². The van der Waals surface area contributed by atoms with E-state index in [1.54, 1.807) is 0 Å². The molecule has 0 radical (unpaired) electrons.